The van der Waals surface area contributed by atoms with Crippen molar-refractivity contribution in [1.82, 2.24) is 10.2 Å². The molecule has 0 aliphatic rings. The van der Waals surface area contributed by atoms with E-state index in [2.05, 4.69) is 59.2 Å². The van der Waals surface area contributed by atoms with E-state index in [0.717, 1.165) is 38.4 Å². The summed E-state index contributed by atoms with van der Waals surface area (Å²) in [5.41, 5.74) is 0. The van der Waals surface area contributed by atoms with Crippen molar-refractivity contribution in [1.29, 1.82) is 0 Å². The van der Waals surface area contributed by atoms with Gasteiger partial charge in [0.15, 0.2) is 5.96 Å². The average molecular weight is 449 g/mol. The molecule has 6 heteroatoms. The van der Waals surface area contributed by atoms with Crippen molar-refractivity contribution < 1.29 is 0 Å². The highest BCUT2D eigenvalue weighted by atomic mass is 127. The van der Waals surface area contributed by atoms with Crippen LogP contribution in [-0.4, -0.2) is 37.5 Å². The van der Waals surface area contributed by atoms with E-state index < -0.39 is 0 Å². The summed E-state index contributed by atoms with van der Waals surface area (Å²) in [6.07, 6.45) is 2.09. The van der Waals surface area contributed by atoms with Gasteiger partial charge in [0, 0.05) is 42.9 Å². The Morgan fingerprint density at radius 3 is 2.32 bits per heavy atom. The second-order valence-corrected chi connectivity index (χ2v) is 6.88. The van der Waals surface area contributed by atoms with Crippen LogP contribution >= 0.6 is 46.7 Å². The summed E-state index contributed by atoms with van der Waals surface area (Å²) < 4.78 is 0. The van der Waals surface area contributed by atoms with E-state index in [0.29, 0.717) is 0 Å². The van der Waals surface area contributed by atoms with Crippen molar-refractivity contribution in [3.63, 3.8) is 0 Å². The predicted octanol–water partition coefficient (Wildman–Crippen LogP) is 4.11. The van der Waals surface area contributed by atoms with Crippen LogP contribution < -0.4 is 5.32 Å². The lowest BCUT2D eigenvalue weighted by Crippen LogP contribution is -2.40. The van der Waals surface area contributed by atoms with Crippen molar-refractivity contribution in [2.45, 2.75) is 19.8 Å². The van der Waals surface area contributed by atoms with Gasteiger partial charge in [-0.2, -0.15) is 0 Å². The Morgan fingerprint density at radius 1 is 1.14 bits per heavy atom. The monoisotopic (exact) mass is 449 g/mol. The zero-order chi connectivity index (χ0) is 14.9. The first-order valence-electron chi connectivity index (χ1n) is 7.33. The Kier molecular flexibility index (Phi) is 9.74. The predicted molar refractivity (Wildman–Crippen MR) is 110 cm³/mol. The van der Waals surface area contributed by atoms with Gasteiger partial charge in [0.05, 0.1) is 0 Å². The molecule has 3 nitrogen and oxygen atoms in total. The van der Waals surface area contributed by atoms with Gasteiger partial charge in [-0.3, -0.25) is 4.99 Å². The van der Waals surface area contributed by atoms with Crippen molar-refractivity contribution in [2.75, 3.05) is 26.7 Å². The molecular formula is C16H24IN3S2. The molecular weight excluding hydrogens is 425 g/mol. The molecule has 0 bridgehead atoms. The molecule has 0 radical (unpaired) electrons. The topological polar surface area (TPSA) is 27.6 Å². The third kappa shape index (κ3) is 6.66. The highest BCUT2D eigenvalue weighted by Gasteiger charge is 2.06. The summed E-state index contributed by atoms with van der Waals surface area (Å²) in [6, 6.07) is 8.58. The van der Waals surface area contributed by atoms with E-state index in [-0.39, 0.29) is 24.0 Å². The number of rotatable bonds is 7. The Morgan fingerprint density at radius 2 is 1.77 bits per heavy atom. The molecule has 0 spiro atoms. The molecule has 0 aromatic carbocycles. The van der Waals surface area contributed by atoms with Crippen LogP contribution in [0.25, 0.3) is 0 Å². The van der Waals surface area contributed by atoms with Crippen LogP contribution in [0.4, 0.5) is 0 Å². The highest BCUT2D eigenvalue weighted by molar-refractivity contribution is 14.0. The quantitative estimate of drug-likeness (QED) is 0.392. The van der Waals surface area contributed by atoms with Crippen molar-refractivity contribution in [2.24, 2.45) is 4.99 Å². The minimum atomic E-state index is 0. The fourth-order valence-corrected chi connectivity index (χ4v) is 3.43. The number of thiophene rings is 2. The number of halogens is 1. The van der Waals surface area contributed by atoms with E-state index in [1.54, 1.807) is 11.3 Å². The Bertz CT molecular complexity index is 524. The highest BCUT2D eigenvalue weighted by Crippen LogP contribution is 2.10. The first-order valence-corrected chi connectivity index (χ1v) is 9.09. The first kappa shape index (κ1) is 19.4. The third-order valence-electron chi connectivity index (χ3n) is 3.17. The maximum Gasteiger partial charge on any atom is 0.193 e. The molecule has 2 rings (SSSR count). The zero-order valence-electron chi connectivity index (χ0n) is 13.1. The van der Waals surface area contributed by atoms with Crippen LogP contribution in [0.5, 0.6) is 0 Å². The van der Waals surface area contributed by atoms with E-state index in [4.69, 9.17) is 4.99 Å². The van der Waals surface area contributed by atoms with E-state index in [9.17, 15) is 0 Å². The molecule has 0 amide bonds. The van der Waals surface area contributed by atoms with Gasteiger partial charge in [0.25, 0.3) is 0 Å². The summed E-state index contributed by atoms with van der Waals surface area (Å²) in [5, 5.41) is 7.63. The number of nitrogens with one attached hydrogen (secondary N) is 1. The van der Waals surface area contributed by atoms with E-state index in [1.165, 1.54) is 9.75 Å². The van der Waals surface area contributed by atoms with Crippen molar-refractivity contribution in [3.8, 4) is 0 Å². The number of nitrogens with zero attached hydrogens (tertiary/aromatic N) is 2. The summed E-state index contributed by atoms with van der Waals surface area (Å²) >= 11 is 3.62. The third-order valence-corrected chi connectivity index (χ3v) is 5.04. The maximum atomic E-state index is 4.73. The van der Waals surface area contributed by atoms with Crippen LogP contribution in [-0.2, 0) is 12.8 Å². The van der Waals surface area contributed by atoms with E-state index in [1.807, 2.05) is 11.3 Å². The summed E-state index contributed by atoms with van der Waals surface area (Å²) in [7, 11) is 2.11. The van der Waals surface area contributed by atoms with Gasteiger partial charge in [-0.15, -0.1) is 46.7 Å². The molecule has 0 fully saturated rings. The number of guanidine groups is 1. The van der Waals surface area contributed by atoms with Crippen molar-refractivity contribution in [3.05, 3.63) is 44.8 Å². The first-order chi connectivity index (χ1) is 10.3. The molecule has 0 unspecified atom stereocenters. The molecule has 0 aliphatic carbocycles. The van der Waals surface area contributed by atoms with Gasteiger partial charge in [0.1, 0.15) is 0 Å². The molecule has 1 N–H and O–H groups in total. The van der Waals surface area contributed by atoms with Gasteiger partial charge in [-0.25, -0.2) is 0 Å². The van der Waals surface area contributed by atoms with Crippen LogP contribution in [0, 0.1) is 0 Å². The number of hydrogen-bond donors (Lipinski definition) is 1. The van der Waals surface area contributed by atoms with Gasteiger partial charge in [-0.1, -0.05) is 12.1 Å². The minimum absolute atomic E-state index is 0. The summed E-state index contributed by atoms with van der Waals surface area (Å²) in [4.78, 5) is 9.78. The lowest BCUT2D eigenvalue weighted by Gasteiger charge is -2.21. The minimum Gasteiger partial charge on any atom is -0.357 e. The fraction of sp³-hybridized carbons (Fsp3) is 0.438. The van der Waals surface area contributed by atoms with Gasteiger partial charge >= 0.3 is 0 Å². The second-order valence-electron chi connectivity index (χ2n) is 4.82. The molecule has 2 aromatic rings. The van der Waals surface area contributed by atoms with Crippen LogP contribution in [0.3, 0.4) is 0 Å². The Hall–Kier alpha value is -0.600. The lowest BCUT2D eigenvalue weighted by atomic mass is 10.3. The van der Waals surface area contributed by atoms with Crippen LogP contribution in [0.1, 0.15) is 16.7 Å². The molecule has 2 heterocycles. The maximum absolute atomic E-state index is 4.73. The summed E-state index contributed by atoms with van der Waals surface area (Å²) in [5.74, 6) is 1.01. The van der Waals surface area contributed by atoms with Gasteiger partial charge < -0.3 is 10.2 Å². The standard InChI is InChI=1S/C16H23N3S2.HI/c1-3-17-16(18-10-8-14-6-4-12-20-14)19(2)11-9-15-7-5-13-21-15;/h4-7,12-13H,3,8-11H2,1-2H3,(H,17,18);1H. The van der Waals surface area contributed by atoms with Crippen LogP contribution in [0.2, 0.25) is 0 Å². The lowest BCUT2D eigenvalue weighted by molar-refractivity contribution is 0.487. The summed E-state index contributed by atoms with van der Waals surface area (Å²) in [6.45, 7) is 4.85. The fourth-order valence-electron chi connectivity index (χ4n) is 2.04. The zero-order valence-corrected chi connectivity index (χ0v) is 17.1. The SMILES string of the molecule is CCNC(=NCCc1cccs1)N(C)CCc1cccs1.I. The molecule has 0 saturated heterocycles. The normalized spacial score (nSPS) is 11.1. The van der Waals surface area contributed by atoms with Crippen LogP contribution in [0.15, 0.2) is 40.0 Å². The van der Waals surface area contributed by atoms with Crippen molar-refractivity contribution >= 4 is 52.6 Å². The smallest absolute Gasteiger partial charge is 0.193 e. The average Bonchev–Trinajstić information content (AvgIpc) is 3.17. The number of hydrogen-bond acceptors (Lipinski definition) is 3. The number of aliphatic imine (C=N–C) groups is 1. The van der Waals surface area contributed by atoms with E-state index >= 15 is 0 Å². The Balaban J connectivity index is 0.00000242. The van der Waals surface area contributed by atoms with Gasteiger partial charge in [-0.05, 0) is 36.2 Å². The Labute approximate surface area is 158 Å². The molecule has 22 heavy (non-hydrogen) atoms. The second kappa shape index (κ2) is 11.0. The molecule has 122 valence electrons. The molecule has 0 saturated carbocycles. The molecule has 2 aromatic heterocycles. The van der Waals surface area contributed by atoms with Gasteiger partial charge in [0.2, 0.25) is 0 Å². The largest absolute Gasteiger partial charge is 0.357 e. The molecule has 0 atom stereocenters. The molecule has 0 aliphatic heterocycles. The number of likely N-dealkylation sites (N-methyl/N-ethyl adjacent to an activating group) is 1.